The molecule has 6 nitrogen and oxygen atoms in total. The van der Waals surface area contributed by atoms with Crippen LogP contribution in [0.4, 0.5) is 18.9 Å². The van der Waals surface area contributed by atoms with Crippen LogP contribution in [0.5, 0.6) is 0 Å². The van der Waals surface area contributed by atoms with Gasteiger partial charge >= 0.3 is 6.18 Å². The Bertz CT molecular complexity index is 1160. The number of aryl methyl sites for hydroxylation is 1. The molecule has 28 heavy (non-hydrogen) atoms. The van der Waals surface area contributed by atoms with E-state index >= 15 is 0 Å². The van der Waals surface area contributed by atoms with Crippen LogP contribution in [0.2, 0.25) is 0 Å². The Kier molecular flexibility index (Phi) is 4.14. The van der Waals surface area contributed by atoms with E-state index in [4.69, 9.17) is 4.42 Å². The quantitative estimate of drug-likeness (QED) is 0.559. The minimum Gasteiger partial charge on any atom is -0.451 e. The van der Waals surface area contributed by atoms with Gasteiger partial charge in [-0.05, 0) is 31.2 Å². The molecule has 1 N–H and O–H groups in total. The topological polar surface area (TPSA) is 73.0 Å². The fourth-order valence-electron chi connectivity index (χ4n) is 2.91. The third-order valence-electron chi connectivity index (χ3n) is 4.29. The molecule has 2 aromatic carbocycles. The van der Waals surface area contributed by atoms with Gasteiger partial charge in [-0.3, -0.25) is 4.79 Å². The van der Waals surface area contributed by atoms with E-state index in [0.717, 1.165) is 17.5 Å². The number of alkyl halides is 3. The fraction of sp³-hybridized carbons (Fsp3) is 0.105. The highest BCUT2D eigenvalue weighted by Gasteiger charge is 2.31. The van der Waals surface area contributed by atoms with Crippen molar-refractivity contribution in [2.45, 2.75) is 13.1 Å². The average Bonchev–Trinajstić information content (AvgIpc) is 3.30. The molecule has 0 saturated carbocycles. The number of nitrogens with zero attached hydrogens (tertiary/aromatic N) is 3. The summed E-state index contributed by atoms with van der Waals surface area (Å²) in [5, 5.41) is 7.19. The summed E-state index contributed by atoms with van der Waals surface area (Å²) in [6.07, 6.45) is -1.99. The van der Waals surface area contributed by atoms with Crippen LogP contribution in [-0.2, 0) is 6.18 Å². The van der Waals surface area contributed by atoms with Crippen LogP contribution in [0, 0.1) is 6.92 Å². The molecule has 0 aliphatic rings. The zero-order valence-corrected chi connectivity index (χ0v) is 14.5. The van der Waals surface area contributed by atoms with Gasteiger partial charge in [0.2, 0.25) is 0 Å². The number of hydrogen-bond acceptors (Lipinski definition) is 4. The number of furan rings is 1. The van der Waals surface area contributed by atoms with Crippen molar-refractivity contribution in [3.63, 3.8) is 0 Å². The predicted molar refractivity (Wildman–Crippen MR) is 95.3 cm³/mol. The molecule has 4 aromatic rings. The molecule has 1 amide bonds. The molecule has 0 saturated heterocycles. The summed E-state index contributed by atoms with van der Waals surface area (Å²) in [5.41, 5.74) is 0.402. The van der Waals surface area contributed by atoms with Gasteiger partial charge in [-0.15, -0.1) is 0 Å². The maximum absolute atomic E-state index is 13.1. The van der Waals surface area contributed by atoms with Crippen molar-refractivity contribution in [2.24, 2.45) is 0 Å². The zero-order valence-electron chi connectivity index (χ0n) is 14.5. The summed E-state index contributed by atoms with van der Waals surface area (Å²) in [6, 6.07) is 10.1. The molecule has 0 fully saturated rings. The van der Waals surface area contributed by atoms with Gasteiger partial charge in [0.15, 0.2) is 5.76 Å². The van der Waals surface area contributed by atoms with Crippen LogP contribution in [-0.4, -0.2) is 20.7 Å². The number of carbonyl (C=O) groups excluding carboxylic acids is 1. The largest absolute Gasteiger partial charge is 0.451 e. The molecule has 0 aliphatic heterocycles. The molecule has 0 spiro atoms. The first kappa shape index (κ1) is 17.8. The molecule has 0 unspecified atom stereocenters. The van der Waals surface area contributed by atoms with Gasteiger partial charge in [0, 0.05) is 10.9 Å². The van der Waals surface area contributed by atoms with Crippen molar-refractivity contribution in [3.8, 4) is 5.69 Å². The number of hydrogen-bond donors (Lipinski definition) is 1. The number of rotatable bonds is 3. The monoisotopic (exact) mass is 386 g/mol. The van der Waals surface area contributed by atoms with Gasteiger partial charge in [-0.1, -0.05) is 18.2 Å². The molecule has 4 rings (SSSR count). The van der Waals surface area contributed by atoms with Crippen molar-refractivity contribution in [3.05, 3.63) is 72.0 Å². The van der Waals surface area contributed by atoms with Gasteiger partial charge in [-0.25, -0.2) is 9.67 Å². The van der Waals surface area contributed by atoms with E-state index in [1.54, 1.807) is 25.1 Å². The first-order valence-corrected chi connectivity index (χ1v) is 8.20. The average molecular weight is 386 g/mol. The normalized spacial score (nSPS) is 11.7. The molecule has 0 radical (unpaired) electrons. The van der Waals surface area contributed by atoms with Crippen molar-refractivity contribution in [1.82, 2.24) is 14.8 Å². The second kappa shape index (κ2) is 6.52. The summed E-state index contributed by atoms with van der Waals surface area (Å²) in [6.45, 7) is 1.71. The van der Waals surface area contributed by atoms with Crippen LogP contribution < -0.4 is 5.32 Å². The Morgan fingerprint density at radius 3 is 2.64 bits per heavy atom. The number of fused-ring (bicyclic) bond motifs is 1. The molecule has 9 heteroatoms. The number of halogens is 3. The number of amides is 1. The van der Waals surface area contributed by atoms with Gasteiger partial charge in [-0.2, -0.15) is 18.3 Å². The highest BCUT2D eigenvalue weighted by molar-refractivity contribution is 6.07. The number of nitrogens with one attached hydrogen (secondary N) is 1. The summed E-state index contributed by atoms with van der Waals surface area (Å²) in [7, 11) is 0. The smallest absolute Gasteiger partial charge is 0.416 e. The number of aromatic nitrogens is 3. The number of carbonyl (C=O) groups is 1. The fourth-order valence-corrected chi connectivity index (χ4v) is 2.91. The number of anilines is 1. The minimum absolute atomic E-state index is 0.0307. The van der Waals surface area contributed by atoms with Crippen molar-refractivity contribution in [1.29, 1.82) is 0 Å². The summed E-state index contributed by atoms with van der Waals surface area (Å²) in [4.78, 5) is 16.5. The minimum atomic E-state index is -4.56. The van der Waals surface area contributed by atoms with Crippen LogP contribution in [0.25, 0.3) is 16.7 Å². The molecular weight excluding hydrogens is 373 g/mol. The van der Waals surface area contributed by atoms with E-state index in [1.807, 2.05) is 6.07 Å². The second-order valence-electron chi connectivity index (χ2n) is 6.08. The molecule has 142 valence electrons. The maximum atomic E-state index is 13.1. The Labute approximate surface area is 156 Å². The van der Waals surface area contributed by atoms with Crippen LogP contribution in [0.3, 0.4) is 0 Å². The number of benzene rings is 2. The van der Waals surface area contributed by atoms with E-state index in [2.05, 4.69) is 15.4 Å². The molecule has 0 atom stereocenters. The molecule has 0 bridgehead atoms. The third-order valence-corrected chi connectivity index (χ3v) is 4.29. The molecule has 2 aromatic heterocycles. The standard InChI is InChI=1S/C19H13F3N4O2/c1-11-13-4-2-3-5-16(13)28-17(11)18(27)25-14-8-12(19(20,21)22)6-7-15(14)26-10-23-9-24-26/h2-10H,1H3,(H,25,27). The third kappa shape index (κ3) is 3.11. The lowest BCUT2D eigenvalue weighted by Gasteiger charge is -2.14. The Hall–Kier alpha value is -3.62. The Morgan fingerprint density at radius 1 is 1.18 bits per heavy atom. The van der Waals surface area contributed by atoms with Crippen molar-refractivity contribution >= 4 is 22.6 Å². The lowest BCUT2D eigenvalue weighted by atomic mass is 10.1. The molecule has 2 heterocycles. The van der Waals surface area contributed by atoms with E-state index in [0.29, 0.717) is 11.1 Å². The molecule has 0 aliphatic carbocycles. The second-order valence-corrected chi connectivity index (χ2v) is 6.08. The SMILES string of the molecule is Cc1c(C(=O)Nc2cc(C(F)(F)F)ccc2-n2cncn2)oc2ccccc12. The van der Waals surface area contributed by atoms with E-state index in [9.17, 15) is 18.0 Å². The van der Waals surface area contributed by atoms with Crippen LogP contribution in [0.1, 0.15) is 21.7 Å². The first-order chi connectivity index (χ1) is 13.3. The molecular formula is C19H13F3N4O2. The zero-order chi connectivity index (χ0) is 19.9. The van der Waals surface area contributed by atoms with E-state index in [1.165, 1.54) is 23.4 Å². The Morgan fingerprint density at radius 2 is 1.96 bits per heavy atom. The van der Waals surface area contributed by atoms with E-state index in [-0.39, 0.29) is 17.1 Å². The van der Waals surface area contributed by atoms with Gasteiger partial charge in [0.05, 0.1) is 16.9 Å². The first-order valence-electron chi connectivity index (χ1n) is 8.20. The summed E-state index contributed by atoms with van der Waals surface area (Å²) < 4.78 is 46.3. The van der Waals surface area contributed by atoms with Gasteiger partial charge in [0.1, 0.15) is 18.2 Å². The van der Waals surface area contributed by atoms with Crippen molar-refractivity contribution in [2.75, 3.05) is 5.32 Å². The van der Waals surface area contributed by atoms with Gasteiger partial charge < -0.3 is 9.73 Å². The highest BCUT2D eigenvalue weighted by atomic mass is 19.4. The highest BCUT2D eigenvalue weighted by Crippen LogP contribution is 2.34. The Balaban J connectivity index is 1.77. The predicted octanol–water partition coefficient (Wildman–Crippen LogP) is 4.59. The summed E-state index contributed by atoms with van der Waals surface area (Å²) in [5.74, 6) is -0.627. The van der Waals surface area contributed by atoms with Gasteiger partial charge in [0.25, 0.3) is 5.91 Å². The lowest BCUT2D eigenvalue weighted by Crippen LogP contribution is -2.16. The number of para-hydroxylation sites is 1. The van der Waals surface area contributed by atoms with Crippen molar-refractivity contribution < 1.29 is 22.4 Å². The van der Waals surface area contributed by atoms with Crippen LogP contribution >= 0.6 is 0 Å². The van der Waals surface area contributed by atoms with Crippen LogP contribution in [0.15, 0.2) is 59.5 Å². The lowest BCUT2D eigenvalue weighted by molar-refractivity contribution is -0.137. The maximum Gasteiger partial charge on any atom is 0.416 e. The van der Waals surface area contributed by atoms with E-state index < -0.39 is 17.6 Å². The summed E-state index contributed by atoms with van der Waals surface area (Å²) >= 11 is 0.